The van der Waals surface area contributed by atoms with Crippen molar-refractivity contribution < 1.29 is 4.84 Å². The Bertz CT molecular complexity index is 375. The minimum Gasteiger partial charge on any atom is -0.399 e. The van der Waals surface area contributed by atoms with Crippen LogP contribution in [0.5, 0.6) is 0 Å². The van der Waals surface area contributed by atoms with Crippen LogP contribution >= 0.6 is 0 Å². The molecule has 0 aromatic heterocycles. The van der Waals surface area contributed by atoms with Crippen molar-refractivity contribution in [1.29, 1.82) is 0 Å². The van der Waals surface area contributed by atoms with Crippen LogP contribution in [0.25, 0.3) is 0 Å². The molecule has 17 heavy (non-hydrogen) atoms. The van der Waals surface area contributed by atoms with Crippen LogP contribution in [0.15, 0.2) is 29.4 Å². The predicted molar refractivity (Wildman–Crippen MR) is 71.3 cm³/mol. The van der Waals surface area contributed by atoms with Gasteiger partial charge in [0.2, 0.25) is 0 Å². The fourth-order valence-corrected chi connectivity index (χ4v) is 2.23. The molecule has 2 N–H and O–H groups in total. The van der Waals surface area contributed by atoms with Gasteiger partial charge in [-0.15, -0.1) is 0 Å². The molecule has 0 bridgehead atoms. The molecule has 4 heteroatoms. The zero-order valence-corrected chi connectivity index (χ0v) is 10.2. The van der Waals surface area contributed by atoms with Gasteiger partial charge in [0, 0.05) is 17.9 Å². The van der Waals surface area contributed by atoms with E-state index in [0.29, 0.717) is 6.04 Å². The fraction of sp³-hybridized carbons (Fsp3) is 0.462. The van der Waals surface area contributed by atoms with Crippen molar-refractivity contribution in [3.05, 3.63) is 24.3 Å². The van der Waals surface area contributed by atoms with E-state index in [1.54, 1.807) is 7.11 Å². The van der Waals surface area contributed by atoms with Crippen LogP contribution in [0.1, 0.15) is 19.3 Å². The van der Waals surface area contributed by atoms with Crippen molar-refractivity contribution in [1.82, 2.24) is 0 Å². The number of nitrogen functional groups attached to an aromatic ring is 1. The van der Waals surface area contributed by atoms with Crippen LogP contribution in [0.2, 0.25) is 0 Å². The maximum atomic E-state index is 5.71. The lowest BCUT2D eigenvalue weighted by molar-refractivity contribution is 0.213. The van der Waals surface area contributed by atoms with E-state index in [1.807, 2.05) is 18.3 Å². The van der Waals surface area contributed by atoms with Gasteiger partial charge in [-0.1, -0.05) is 5.16 Å². The average molecular weight is 233 g/mol. The van der Waals surface area contributed by atoms with Gasteiger partial charge in [0.25, 0.3) is 0 Å². The summed E-state index contributed by atoms with van der Waals surface area (Å²) in [6.45, 7) is 1.06. The van der Waals surface area contributed by atoms with E-state index in [1.165, 1.54) is 18.5 Å². The minimum absolute atomic E-state index is 0.326. The fourth-order valence-electron chi connectivity index (χ4n) is 2.23. The summed E-state index contributed by atoms with van der Waals surface area (Å²) in [4.78, 5) is 7.12. The SMILES string of the molecule is CON=CC1CCCCN1c1ccc(N)cc1. The Labute approximate surface area is 102 Å². The first kappa shape index (κ1) is 11.8. The van der Waals surface area contributed by atoms with E-state index in [0.717, 1.165) is 18.7 Å². The lowest BCUT2D eigenvalue weighted by Crippen LogP contribution is -2.40. The molecule has 2 rings (SSSR count). The Balaban J connectivity index is 2.15. The molecule has 1 unspecified atom stereocenters. The summed E-state index contributed by atoms with van der Waals surface area (Å²) in [5.41, 5.74) is 7.71. The molecule has 1 aliphatic heterocycles. The van der Waals surface area contributed by atoms with Gasteiger partial charge in [-0.3, -0.25) is 0 Å². The summed E-state index contributed by atoms with van der Waals surface area (Å²) in [6.07, 6.45) is 5.47. The second-order valence-corrected chi connectivity index (χ2v) is 4.29. The first-order valence-corrected chi connectivity index (χ1v) is 6.00. The van der Waals surface area contributed by atoms with Crippen molar-refractivity contribution in [3.63, 3.8) is 0 Å². The predicted octanol–water partition coefficient (Wildman–Crippen LogP) is 2.26. The molecular weight excluding hydrogens is 214 g/mol. The molecule has 1 heterocycles. The summed E-state index contributed by atoms with van der Waals surface area (Å²) in [5.74, 6) is 0. The Morgan fingerprint density at radius 1 is 1.35 bits per heavy atom. The lowest BCUT2D eigenvalue weighted by Gasteiger charge is -2.35. The van der Waals surface area contributed by atoms with Crippen LogP contribution in [0.4, 0.5) is 11.4 Å². The van der Waals surface area contributed by atoms with E-state index < -0.39 is 0 Å². The van der Waals surface area contributed by atoms with Gasteiger partial charge in [-0.2, -0.15) is 0 Å². The molecule has 1 atom stereocenters. The molecule has 0 aliphatic carbocycles. The van der Waals surface area contributed by atoms with Gasteiger partial charge >= 0.3 is 0 Å². The van der Waals surface area contributed by atoms with Crippen LogP contribution in [-0.4, -0.2) is 25.9 Å². The van der Waals surface area contributed by atoms with Crippen molar-refractivity contribution in [2.24, 2.45) is 5.16 Å². The highest BCUT2D eigenvalue weighted by Crippen LogP contribution is 2.24. The summed E-state index contributed by atoms with van der Waals surface area (Å²) in [7, 11) is 1.58. The van der Waals surface area contributed by atoms with Crippen LogP contribution in [0.3, 0.4) is 0 Å². The van der Waals surface area contributed by atoms with Crippen molar-refractivity contribution >= 4 is 17.6 Å². The Morgan fingerprint density at radius 3 is 2.82 bits per heavy atom. The summed E-state index contributed by atoms with van der Waals surface area (Å²) in [5, 5.41) is 3.90. The van der Waals surface area contributed by atoms with Gasteiger partial charge in [-0.25, -0.2) is 0 Å². The van der Waals surface area contributed by atoms with Gasteiger partial charge < -0.3 is 15.5 Å². The lowest BCUT2D eigenvalue weighted by atomic mass is 10.0. The zero-order valence-electron chi connectivity index (χ0n) is 10.2. The highest BCUT2D eigenvalue weighted by Gasteiger charge is 2.21. The Hall–Kier alpha value is -1.71. The molecule has 0 radical (unpaired) electrons. The van der Waals surface area contributed by atoms with Crippen molar-refractivity contribution in [3.8, 4) is 0 Å². The highest BCUT2D eigenvalue weighted by atomic mass is 16.6. The standard InChI is InChI=1S/C13H19N3O/c1-17-15-10-13-4-2-3-9-16(13)12-7-5-11(14)6-8-12/h5-8,10,13H,2-4,9,14H2,1H3. The number of nitrogens with zero attached hydrogens (tertiary/aromatic N) is 2. The third-order valence-electron chi connectivity index (χ3n) is 3.11. The van der Waals surface area contributed by atoms with Crippen LogP contribution in [0, 0.1) is 0 Å². The molecule has 1 aliphatic rings. The quantitative estimate of drug-likeness (QED) is 0.495. The Kier molecular flexibility index (Phi) is 3.85. The first-order chi connectivity index (χ1) is 8.31. The number of rotatable bonds is 3. The van der Waals surface area contributed by atoms with E-state index in [2.05, 4.69) is 22.2 Å². The van der Waals surface area contributed by atoms with Crippen molar-refractivity contribution in [2.75, 3.05) is 24.3 Å². The number of hydrogen-bond acceptors (Lipinski definition) is 4. The number of nitrogens with two attached hydrogens (primary N) is 1. The molecular formula is C13H19N3O. The molecule has 92 valence electrons. The number of piperidine rings is 1. The Morgan fingerprint density at radius 2 is 2.12 bits per heavy atom. The molecule has 1 aromatic carbocycles. The number of oxime groups is 1. The van der Waals surface area contributed by atoms with Crippen molar-refractivity contribution in [2.45, 2.75) is 25.3 Å². The van der Waals surface area contributed by atoms with Crippen LogP contribution in [-0.2, 0) is 4.84 Å². The summed E-state index contributed by atoms with van der Waals surface area (Å²) in [6, 6.07) is 8.33. The van der Waals surface area contributed by atoms with E-state index >= 15 is 0 Å². The van der Waals surface area contributed by atoms with Gasteiger partial charge in [0.05, 0.1) is 12.3 Å². The summed E-state index contributed by atoms with van der Waals surface area (Å²) < 4.78 is 0. The van der Waals surface area contributed by atoms with Gasteiger partial charge in [0.15, 0.2) is 0 Å². The van der Waals surface area contributed by atoms with Crippen LogP contribution < -0.4 is 10.6 Å². The van der Waals surface area contributed by atoms with E-state index in [-0.39, 0.29) is 0 Å². The van der Waals surface area contributed by atoms with Gasteiger partial charge in [0.1, 0.15) is 7.11 Å². The molecule has 1 saturated heterocycles. The number of anilines is 2. The summed E-state index contributed by atoms with van der Waals surface area (Å²) >= 11 is 0. The number of benzene rings is 1. The minimum atomic E-state index is 0.326. The van der Waals surface area contributed by atoms with E-state index in [9.17, 15) is 0 Å². The first-order valence-electron chi connectivity index (χ1n) is 6.00. The molecule has 0 saturated carbocycles. The zero-order chi connectivity index (χ0) is 12.1. The van der Waals surface area contributed by atoms with Gasteiger partial charge in [-0.05, 0) is 43.5 Å². The molecule has 0 spiro atoms. The van der Waals surface area contributed by atoms with E-state index in [4.69, 9.17) is 10.6 Å². The highest BCUT2D eigenvalue weighted by molar-refractivity contribution is 5.71. The molecule has 1 fully saturated rings. The second kappa shape index (κ2) is 5.57. The maximum Gasteiger partial charge on any atom is 0.106 e. The third-order valence-corrected chi connectivity index (χ3v) is 3.11. The second-order valence-electron chi connectivity index (χ2n) is 4.29. The largest absolute Gasteiger partial charge is 0.399 e. The maximum absolute atomic E-state index is 5.71. The molecule has 1 aromatic rings. The number of hydrogen-bond donors (Lipinski definition) is 1. The monoisotopic (exact) mass is 233 g/mol. The third kappa shape index (κ3) is 2.90. The smallest absolute Gasteiger partial charge is 0.106 e. The topological polar surface area (TPSA) is 50.8 Å². The normalized spacial score (nSPS) is 20.8. The average Bonchev–Trinajstić information content (AvgIpc) is 2.38. The molecule has 0 amide bonds. The molecule has 4 nitrogen and oxygen atoms in total.